The van der Waals surface area contributed by atoms with Crippen molar-refractivity contribution in [2.45, 2.75) is 12.8 Å². The van der Waals surface area contributed by atoms with Crippen molar-refractivity contribution < 1.29 is 0 Å². The number of benzene rings is 2. The van der Waals surface area contributed by atoms with Crippen molar-refractivity contribution in [3.8, 4) is 0 Å². The second-order valence-corrected chi connectivity index (χ2v) is 4.82. The Morgan fingerprint density at radius 1 is 0.944 bits per heavy atom. The highest BCUT2D eigenvalue weighted by Gasteiger charge is 2.10. The van der Waals surface area contributed by atoms with E-state index in [1.165, 1.54) is 27.3 Å². The van der Waals surface area contributed by atoms with Crippen LogP contribution in [0, 0.1) is 0 Å². The van der Waals surface area contributed by atoms with E-state index < -0.39 is 0 Å². The van der Waals surface area contributed by atoms with Crippen molar-refractivity contribution in [2.24, 2.45) is 0 Å². The minimum atomic E-state index is 1.14. The molecule has 18 heavy (non-hydrogen) atoms. The number of hydrogen-bond donors (Lipinski definition) is 0. The third-order valence-corrected chi connectivity index (χ3v) is 3.76. The Balaban J connectivity index is 2.20. The molecule has 2 aromatic carbocycles. The zero-order chi connectivity index (χ0) is 11.9. The molecular formula is C17H13N. The quantitative estimate of drug-likeness (QED) is 0.524. The van der Waals surface area contributed by atoms with Crippen LogP contribution < -0.4 is 0 Å². The van der Waals surface area contributed by atoms with Gasteiger partial charge in [-0.15, -0.1) is 0 Å². The molecular weight excluding hydrogens is 218 g/mol. The van der Waals surface area contributed by atoms with Crippen molar-refractivity contribution in [2.75, 3.05) is 0 Å². The molecule has 0 fully saturated rings. The molecule has 0 aliphatic heterocycles. The first-order chi connectivity index (χ1) is 8.93. The van der Waals surface area contributed by atoms with E-state index in [1.54, 1.807) is 0 Å². The van der Waals surface area contributed by atoms with Crippen LogP contribution in [0.15, 0.2) is 48.7 Å². The Morgan fingerprint density at radius 2 is 1.89 bits per heavy atom. The third-order valence-electron chi connectivity index (χ3n) is 3.76. The summed E-state index contributed by atoms with van der Waals surface area (Å²) in [5, 5.41) is 3.77. The number of pyridine rings is 1. The van der Waals surface area contributed by atoms with Gasteiger partial charge < -0.3 is 0 Å². The van der Waals surface area contributed by atoms with Gasteiger partial charge in [-0.2, -0.15) is 0 Å². The molecule has 1 heterocycles. The minimum Gasteiger partial charge on any atom is -0.255 e. The molecule has 4 rings (SSSR count). The van der Waals surface area contributed by atoms with E-state index in [2.05, 4.69) is 53.5 Å². The van der Waals surface area contributed by atoms with Crippen LogP contribution in [-0.4, -0.2) is 4.98 Å². The predicted molar refractivity (Wildman–Crippen MR) is 76.6 cm³/mol. The maximum absolute atomic E-state index is 4.67. The van der Waals surface area contributed by atoms with Gasteiger partial charge in [-0.25, -0.2) is 0 Å². The smallest absolute Gasteiger partial charge is 0.0783 e. The number of nitrogens with zero attached hydrogens (tertiary/aromatic N) is 1. The molecule has 1 nitrogen and oxygen atoms in total. The van der Waals surface area contributed by atoms with E-state index in [0.717, 1.165) is 18.4 Å². The van der Waals surface area contributed by atoms with Crippen LogP contribution in [0.5, 0.6) is 0 Å². The van der Waals surface area contributed by atoms with Gasteiger partial charge >= 0.3 is 0 Å². The average molecular weight is 231 g/mol. The number of hydrogen-bond acceptors (Lipinski definition) is 1. The van der Waals surface area contributed by atoms with E-state index in [4.69, 9.17) is 0 Å². The number of rotatable bonds is 0. The first-order valence-electron chi connectivity index (χ1n) is 6.39. The van der Waals surface area contributed by atoms with E-state index in [0.29, 0.717) is 0 Å². The van der Waals surface area contributed by atoms with Crippen LogP contribution in [0.2, 0.25) is 0 Å². The Kier molecular flexibility index (Phi) is 2.01. The fourth-order valence-electron chi connectivity index (χ4n) is 2.84. The van der Waals surface area contributed by atoms with Crippen LogP contribution in [0.1, 0.15) is 17.5 Å². The predicted octanol–water partition coefficient (Wildman–Crippen LogP) is 4.35. The Bertz CT molecular complexity index is 784. The average Bonchev–Trinajstić information content (AvgIpc) is 2.46. The Labute approximate surface area is 106 Å². The number of allylic oxidation sites excluding steroid dienone is 1. The summed E-state index contributed by atoms with van der Waals surface area (Å²) >= 11 is 0. The van der Waals surface area contributed by atoms with E-state index in [-0.39, 0.29) is 0 Å². The molecule has 0 radical (unpaired) electrons. The fourth-order valence-corrected chi connectivity index (χ4v) is 2.84. The monoisotopic (exact) mass is 231 g/mol. The molecule has 0 saturated heterocycles. The fraction of sp³-hybridized carbons (Fsp3) is 0.118. The van der Waals surface area contributed by atoms with Crippen molar-refractivity contribution >= 4 is 27.8 Å². The van der Waals surface area contributed by atoms with Gasteiger partial charge in [-0.3, -0.25) is 4.98 Å². The molecule has 86 valence electrons. The number of aromatic nitrogens is 1. The topological polar surface area (TPSA) is 12.9 Å². The zero-order valence-electron chi connectivity index (χ0n) is 10.1. The van der Waals surface area contributed by atoms with Crippen molar-refractivity contribution in [1.29, 1.82) is 0 Å². The second kappa shape index (κ2) is 3.67. The van der Waals surface area contributed by atoms with Crippen molar-refractivity contribution in [1.82, 2.24) is 4.98 Å². The summed E-state index contributed by atoms with van der Waals surface area (Å²) < 4.78 is 0. The molecule has 1 aliphatic carbocycles. The molecule has 0 bridgehead atoms. The lowest BCUT2D eigenvalue weighted by Gasteiger charge is -2.13. The highest BCUT2D eigenvalue weighted by molar-refractivity contribution is 6.07. The van der Waals surface area contributed by atoms with Crippen LogP contribution in [-0.2, 0) is 6.42 Å². The molecule has 1 heteroatoms. The molecule has 1 aromatic heterocycles. The maximum Gasteiger partial charge on any atom is 0.0783 e. The van der Waals surface area contributed by atoms with Gasteiger partial charge in [0.15, 0.2) is 0 Å². The number of fused-ring (bicyclic) bond motifs is 5. The maximum atomic E-state index is 4.67. The van der Waals surface area contributed by atoms with Gasteiger partial charge in [-0.1, -0.05) is 48.6 Å². The summed E-state index contributed by atoms with van der Waals surface area (Å²) in [5.41, 5.74) is 3.87. The van der Waals surface area contributed by atoms with Gasteiger partial charge in [0.05, 0.1) is 5.52 Å². The summed E-state index contributed by atoms with van der Waals surface area (Å²) in [5.74, 6) is 0. The van der Waals surface area contributed by atoms with Crippen LogP contribution in [0.25, 0.3) is 27.8 Å². The number of aryl methyl sites for hydroxylation is 1. The lowest BCUT2D eigenvalue weighted by Crippen LogP contribution is -1.96. The zero-order valence-corrected chi connectivity index (χ0v) is 10.1. The summed E-state index contributed by atoms with van der Waals surface area (Å²) in [6.07, 6.45) is 8.74. The second-order valence-electron chi connectivity index (χ2n) is 4.82. The van der Waals surface area contributed by atoms with E-state index in [9.17, 15) is 0 Å². The largest absolute Gasteiger partial charge is 0.255 e. The molecule has 0 unspecified atom stereocenters. The lowest BCUT2D eigenvalue weighted by molar-refractivity contribution is 0.988. The summed E-state index contributed by atoms with van der Waals surface area (Å²) in [4.78, 5) is 4.67. The first kappa shape index (κ1) is 9.84. The molecule has 0 saturated carbocycles. The summed E-state index contributed by atoms with van der Waals surface area (Å²) in [7, 11) is 0. The normalized spacial score (nSPS) is 14.0. The van der Waals surface area contributed by atoms with Crippen LogP contribution in [0.3, 0.4) is 0 Å². The summed E-state index contributed by atoms with van der Waals surface area (Å²) in [6, 6.07) is 12.9. The highest BCUT2D eigenvalue weighted by atomic mass is 14.7. The summed E-state index contributed by atoms with van der Waals surface area (Å²) in [6.45, 7) is 0. The minimum absolute atomic E-state index is 1.14. The van der Waals surface area contributed by atoms with Crippen LogP contribution in [0.4, 0.5) is 0 Å². The highest BCUT2D eigenvalue weighted by Crippen LogP contribution is 2.30. The SMILES string of the molecule is C1=Cc2c(ccc3c2ncc2ccccc23)CC1. The van der Waals surface area contributed by atoms with Gasteiger partial charge in [0.25, 0.3) is 0 Å². The van der Waals surface area contributed by atoms with E-state index in [1.807, 2.05) is 6.20 Å². The van der Waals surface area contributed by atoms with Gasteiger partial charge in [0, 0.05) is 22.5 Å². The first-order valence-corrected chi connectivity index (χ1v) is 6.39. The van der Waals surface area contributed by atoms with E-state index >= 15 is 0 Å². The molecule has 0 spiro atoms. The van der Waals surface area contributed by atoms with Gasteiger partial charge in [0.2, 0.25) is 0 Å². The Morgan fingerprint density at radius 3 is 2.89 bits per heavy atom. The van der Waals surface area contributed by atoms with Gasteiger partial charge in [0.1, 0.15) is 0 Å². The molecule has 0 N–H and O–H groups in total. The van der Waals surface area contributed by atoms with Crippen molar-refractivity contribution in [3.05, 3.63) is 59.8 Å². The third kappa shape index (κ3) is 1.31. The van der Waals surface area contributed by atoms with Gasteiger partial charge in [-0.05, 0) is 23.8 Å². The molecule has 0 amide bonds. The Hall–Kier alpha value is -2.15. The lowest BCUT2D eigenvalue weighted by atomic mass is 9.93. The van der Waals surface area contributed by atoms with Crippen LogP contribution >= 0.6 is 0 Å². The standard InChI is InChI=1S/C17H13N/c1-4-8-15-12(5-1)9-10-16-14-7-3-2-6-13(14)11-18-17(15)16/h2-4,6-11H,1,5H2. The molecule has 3 aromatic rings. The van der Waals surface area contributed by atoms with Crippen molar-refractivity contribution in [3.63, 3.8) is 0 Å². The molecule has 0 atom stereocenters. The molecule has 1 aliphatic rings.